The molecule has 0 fully saturated rings. The molecule has 2 rings (SSSR count). The molecule has 15 heavy (non-hydrogen) atoms. The highest BCUT2D eigenvalue weighted by atomic mass is 35.5. The third-order valence-electron chi connectivity index (χ3n) is 1.96. The number of rotatable bonds is 2. The first-order valence-corrected chi connectivity index (χ1v) is 4.69. The summed E-state index contributed by atoms with van der Waals surface area (Å²) in [5.41, 5.74) is 1.06. The van der Waals surface area contributed by atoms with Gasteiger partial charge >= 0.3 is 0 Å². The molecule has 5 heteroatoms. The lowest BCUT2D eigenvalue weighted by Crippen LogP contribution is -2.00. The Bertz CT molecular complexity index is 507. The molecule has 0 atom stereocenters. The van der Waals surface area contributed by atoms with Crippen LogP contribution in [-0.2, 0) is 7.05 Å². The molecular weight excluding hydrogens is 214 g/mol. The highest BCUT2D eigenvalue weighted by Gasteiger charge is 2.11. The van der Waals surface area contributed by atoms with Gasteiger partial charge in [0.05, 0.1) is 11.8 Å². The quantitative estimate of drug-likeness (QED) is 0.573. The molecule has 0 aliphatic carbocycles. The Morgan fingerprint density at radius 2 is 2.27 bits per heavy atom. The van der Waals surface area contributed by atoms with Crippen molar-refractivity contribution in [3.05, 3.63) is 47.0 Å². The SMILES string of the molecule is Cn1cc(C(=O)c2ccnc(Cl)c2)cn1. The Morgan fingerprint density at radius 1 is 1.47 bits per heavy atom. The van der Waals surface area contributed by atoms with Gasteiger partial charge in [-0.1, -0.05) is 11.6 Å². The Hall–Kier alpha value is -1.68. The topological polar surface area (TPSA) is 47.8 Å². The van der Waals surface area contributed by atoms with E-state index in [9.17, 15) is 4.79 Å². The summed E-state index contributed by atoms with van der Waals surface area (Å²) in [5, 5.41) is 4.24. The summed E-state index contributed by atoms with van der Waals surface area (Å²) in [7, 11) is 1.76. The highest BCUT2D eigenvalue weighted by Crippen LogP contribution is 2.11. The average Bonchev–Trinajstić information content (AvgIpc) is 2.64. The predicted octanol–water partition coefficient (Wildman–Crippen LogP) is 1.70. The van der Waals surface area contributed by atoms with E-state index in [1.807, 2.05) is 0 Å². The number of hydrogen-bond acceptors (Lipinski definition) is 3. The summed E-state index contributed by atoms with van der Waals surface area (Å²) in [5.74, 6) is -0.104. The minimum Gasteiger partial charge on any atom is -0.288 e. The lowest BCUT2D eigenvalue weighted by molar-refractivity contribution is 0.103. The van der Waals surface area contributed by atoms with Crippen LogP contribution in [0.5, 0.6) is 0 Å². The summed E-state index contributed by atoms with van der Waals surface area (Å²) in [6.07, 6.45) is 4.69. The fourth-order valence-corrected chi connectivity index (χ4v) is 1.42. The summed E-state index contributed by atoms with van der Waals surface area (Å²) in [6.45, 7) is 0. The van der Waals surface area contributed by atoms with Crippen molar-refractivity contribution >= 4 is 17.4 Å². The van der Waals surface area contributed by atoms with Crippen LogP contribution >= 0.6 is 11.6 Å². The molecular formula is C10H8ClN3O. The minimum atomic E-state index is -0.104. The Balaban J connectivity index is 2.36. The fraction of sp³-hybridized carbons (Fsp3) is 0.100. The van der Waals surface area contributed by atoms with Gasteiger partial charge < -0.3 is 0 Å². The van der Waals surface area contributed by atoms with E-state index in [0.29, 0.717) is 16.3 Å². The van der Waals surface area contributed by atoms with E-state index in [2.05, 4.69) is 10.1 Å². The van der Waals surface area contributed by atoms with Gasteiger partial charge in [0.2, 0.25) is 0 Å². The minimum absolute atomic E-state index is 0.104. The van der Waals surface area contributed by atoms with E-state index in [4.69, 9.17) is 11.6 Å². The van der Waals surface area contributed by atoms with Crippen molar-refractivity contribution in [1.29, 1.82) is 0 Å². The first-order valence-electron chi connectivity index (χ1n) is 4.32. The second kappa shape index (κ2) is 3.82. The third-order valence-corrected chi connectivity index (χ3v) is 2.16. The molecule has 0 aliphatic heterocycles. The van der Waals surface area contributed by atoms with Crippen LogP contribution in [0, 0.1) is 0 Å². The van der Waals surface area contributed by atoms with Gasteiger partial charge in [0.1, 0.15) is 5.15 Å². The van der Waals surface area contributed by atoms with Crippen molar-refractivity contribution in [2.75, 3.05) is 0 Å². The zero-order chi connectivity index (χ0) is 10.8. The molecule has 0 amide bonds. The first kappa shape index (κ1) is 9.86. The Morgan fingerprint density at radius 3 is 2.87 bits per heavy atom. The Kier molecular flexibility index (Phi) is 2.51. The lowest BCUT2D eigenvalue weighted by atomic mass is 10.1. The summed E-state index contributed by atoms with van der Waals surface area (Å²) < 4.78 is 1.58. The maximum absolute atomic E-state index is 11.9. The number of carbonyl (C=O) groups excluding carboxylic acids is 1. The summed E-state index contributed by atoms with van der Waals surface area (Å²) in [6, 6.07) is 3.16. The molecule has 0 radical (unpaired) electrons. The van der Waals surface area contributed by atoms with Crippen LogP contribution in [0.3, 0.4) is 0 Å². The van der Waals surface area contributed by atoms with Crippen molar-refractivity contribution in [2.45, 2.75) is 0 Å². The molecule has 2 heterocycles. The number of aryl methyl sites for hydroxylation is 1. The molecule has 76 valence electrons. The first-order chi connectivity index (χ1) is 7.16. The van der Waals surface area contributed by atoms with E-state index in [-0.39, 0.29) is 5.78 Å². The summed E-state index contributed by atoms with van der Waals surface area (Å²) in [4.78, 5) is 15.7. The second-order valence-electron chi connectivity index (χ2n) is 3.10. The molecule has 0 saturated carbocycles. The van der Waals surface area contributed by atoms with Gasteiger partial charge in [-0.2, -0.15) is 5.10 Å². The van der Waals surface area contributed by atoms with Gasteiger partial charge in [-0.15, -0.1) is 0 Å². The van der Waals surface area contributed by atoms with Gasteiger partial charge in [-0.25, -0.2) is 4.98 Å². The van der Waals surface area contributed by atoms with Crippen molar-refractivity contribution in [1.82, 2.24) is 14.8 Å². The number of ketones is 1. The number of carbonyl (C=O) groups is 1. The average molecular weight is 222 g/mol. The molecule has 0 N–H and O–H groups in total. The number of pyridine rings is 1. The largest absolute Gasteiger partial charge is 0.288 e. The zero-order valence-corrected chi connectivity index (χ0v) is 8.77. The van der Waals surface area contributed by atoms with E-state index in [1.54, 1.807) is 24.0 Å². The van der Waals surface area contributed by atoms with Crippen LogP contribution in [0.1, 0.15) is 15.9 Å². The number of aromatic nitrogens is 3. The van der Waals surface area contributed by atoms with Gasteiger partial charge in [0, 0.05) is 25.0 Å². The van der Waals surface area contributed by atoms with Gasteiger partial charge in [-0.3, -0.25) is 9.48 Å². The van der Waals surface area contributed by atoms with Gasteiger partial charge in [0.25, 0.3) is 0 Å². The molecule has 2 aromatic rings. The maximum atomic E-state index is 11.9. The van der Waals surface area contributed by atoms with Crippen molar-refractivity contribution in [3.8, 4) is 0 Å². The Labute approximate surface area is 91.5 Å². The monoisotopic (exact) mass is 221 g/mol. The molecule has 0 aromatic carbocycles. The molecule has 4 nitrogen and oxygen atoms in total. The van der Waals surface area contributed by atoms with E-state index < -0.39 is 0 Å². The maximum Gasteiger partial charge on any atom is 0.196 e. The van der Waals surface area contributed by atoms with Crippen LogP contribution in [0.4, 0.5) is 0 Å². The standard InChI is InChI=1S/C10H8ClN3O/c1-14-6-8(5-13-14)10(15)7-2-3-12-9(11)4-7/h2-6H,1H3. The second-order valence-corrected chi connectivity index (χ2v) is 3.49. The highest BCUT2D eigenvalue weighted by molar-refractivity contribution is 6.29. The van der Waals surface area contributed by atoms with Crippen LogP contribution in [0.15, 0.2) is 30.7 Å². The number of hydrogen-bond donors (Lipinski definition) is 0. The fourth-order valence-electron chi connectivity index (χ4n) is 1.25. The van der Waals surface area contributed by atoms with Crippen LogP contribution in [0.25, 0.3) is 0 Å². The third kappa shape index (κ3) is 2.05. The summed E-state index contributed by atoms with van der Waals surface area (Å²) >= 11 is 5.70. The smallest absolute Gasteiger partial charge is 0.196 e. The number of halogens is 1. The van der Waals surface area contributed by atoms with Crippen molar-refractivity contribution < 1.29 is 4.79 Å². The van der Waals surface area contributed by atoms with E-state index in [1.165, 1.54) is 18.5 Å². The normalized spacial score (nSPS) is 10.3. The van der Waals surface area contributed by atoms with Gasteiger partial charge in [-0.05, 0) is 12.1 Å². The van der Waals surface area contributed by atoms with E-state index >= 15 is 0 Å². The van der Waals surface area contributed by atoms with Crippen LogP contribution in [-0.4, -0.2) is 20.5 Å². The number of nitrogens with zero attached hydrogens (tertiary/aromatic N) is 3. The van der Waals surface area contributed by atoms with Crippen LogP contribution < -0.4 is 0 Å². The molecule has 0 unspecified atom stereocenters. The zero-order valence-electron chi connectivity index (χ0n) is 8.01. The molecule has 0 aliphatic rings. The molecule has 2 aromatic heterocycles. The predicted molar refractivity (Wildman–Crippen MR) is 55.9 cm³/mol. The molecule has 0 spiro atoms. The molecule has 0 saturated heterocycles. The van der Waals surface area contributed by atoms with Crippen LogP contribution in [0.2, 0.25) is 5.15 Å². The van der Waals surface area contributed by atoms with Gasteiger partial charge in [0.15, 0.2) is 5.78 Å². The van der Waals surface area contributed by atoms with E-state index in [0.717, 1.165) is 0 Å². The van der Waals surface area contributed by atoms with Crippen molar-refractivity contribution in [2.24, 2.45) is 7.05 Å². The molecule has 0 bridgehead atoms. The lowest BCUT2D eigenvalue weighted by Gasteiger charge is -1.97. The van der Waals surface area contributed by atoms with Crippen molar-refractivity contribution in [3.63, 3.8) is 0 Å².